The fourth-order valence-electron chi connectivity index (χ4n) is 1.26. The summed E-state index contributed by atoms with van der Waals surface area (Å²) in [6, 6.07) is 3.91. The topological polar surface area (TPSA) is 50.7 Å². The molecule has 1 N–H and O–H groups in total. The second kappa shape index (κ2) is 6.70. The number of anilines is 1. The highest BCUT2D eigenvalue weighted by Gasteiger charge is 2.06. The summed E-state index contributed by atoms with van der Waals surface area (Å²) < 4.78 is 0.895. The molecule has 0 bridgehead atoms. The van der Waals surface area contributed by atoms with Crippen LogP contribution in [-0.2, 0) is 0 Å². The maximum absolute atomic E-state index is 4.48. The molecule has 0 saturated heterocycles. The molecule has 2 rings (SSSR count). The third-order valence-corrected chi connectivity index (χ3v) is 3.96. The van der Waals surface area contributed by atoms with Crippen LogP contribution in [0.15, 0.2) is 45.1 Å². The molecule has 0 aliphatic rings. The van der Waals surface area contributed by atoms with E-state index in [1.54, 1.807) is 30.4 Å². The monoisotopic (exact) mass is 324 g/mol. The van der Waals surface area contributed by atoms with E-state index in [1.807, 2.05) is 12.1 Å². The van der Waals surface area contributed by atoms with Gasteiger partial charge in [0.15, 0.2) is 0 Å². The first kappa shape index (κ1) is 13.3. The maximum Gasteiger partial charge on any atom is 0.223 e. The minimum Gasteiger partial charge on any atom is -0.354 e. The van der Waals surface area contributed by atoms with Crippen LogP contribution in [0.5, 0.6) is 0 Å². The lowest BCUT2D eigenvalue weighted by atomic mass is 10.5. The Hall–Kier alpha value is -1.14. The zero-order valence-corrected chi connectivity index (χ0v) is 12.3. The van der Waals surface area contributed by atoms with Crippen molar-refractivity contribution in [3.63, 3.8) is 0 Å². The Morgan fingerprint density at radius 3 is 2.83 bits per heavy atom. The molecule has 0 spiro atoms. The van der Waals surface area contributed by atoms with Gasteiger partial charge in [-0.1, -0.05) is 18.7 Å². The fourth-order valence-corrected chi connectivity index (χ4v) is 2.46. The lowest BCUT2D eigenvalue weighted by Crippen LogP contribution is -2.04. The largest absolute Gasteiger partial charge is 0.354 e. The van der Waals surface area contributed by atoms with Gasteiger partial charge in [0.05, 0.1) is 4.47 Å². The molecule has 0 aromatic carbocycles. The van der Waals surface area contributed by atoms with Gasteiger partial charge in [-0.25, -0.2) is 9.97 Å². The number of halogens is 1. The third kappa shape index (κ3) is 3.68. The standard InChI is InChI=1S/C12H13BrN4S/c1-2-5-15-12-16-8-10(13)11(17-12)18-9-3-6-14-7-4-9/h3-4,6-8H,2,5H2,1H3,(H,15,16,17). The van der Waals surface area contributed by atoms with E-state index in [0.29, 0.717) is 5.95 Å². The van der Waals surface area contributed by atoms with Gasteiger partial charge in [-0.05, 0) is 34.5 Å². The normalized spacial score (nSPS) is 10.3. The van der Waals surface area contributed by atoms with Crippen LogP contribution in [0.2, 0.25) is 0 Å². The average Bonchev–Trinajstić information content (AvgIpc) is 2.41. The second-order valence-electron chi connectivity index (χ2n) is 3.56. The molecule has 0 radical (unpaired) electrons. The molecule has 0 aliphatic heterocycles. The maximum atomic E-state index is 4.48. The van der Waals surface area contributed by atoms with Crippen LogP contribution in [0.1, 0.15) is 13.3 Å². The molecule has 2 heterocycles. The first-order valence-electron chi connectivity index (χ1n) is 5.64. The molecule has 0 amide bonds. The summed E-state index contributed by atoms with van der Waals surface area (Å²) in [4.78, 5) is 13.8. The van der Waals surface area contributed by atoms with Gasteiger partial charge in [0.2, 0.25) is 5.95 Å². The Morgan fingerprint density at radius 2 is 2.11 bits per heavy atom. The predicted molar refractivity (Wildman–Crippen MR) is 76.9 cm³/mol. The summed E-state index contributed by atoms with van der Waals surface area (Å²) in [6.45, 7) is 2.99. The first-order valence-corrected chi connectivity index (χ1v) is 7.25. The number of hydrogen-bond donors (Lipinski definition) is 1. The Labute approximate surface area is 119 Å². The van der Waals surface area contributed by atoms with E-state index in [0.717, 1.165) is 27.4 Å². The van der Waals surface area contributed by atoms with Crippen molar-refractivity contribution in [2.75, 3.05) is 11.9 Å². The lowest BCUT2D eigenvalue weighted by molar-refractivity contribution is 0.930. The Morgan fingerprint density at radius 1 is 1.33 bits per heavy atom. The zero-order valence-electron chi connectivity index (χ0n) is 9.93. The molecule has 6 heteroatoms. The highest BCUT2D eigenvalue weighted by molar-refractivity contribution is 9.10. The van der Waals surface area contributed by atoms with Gasteiger partial charge in [0.25, 0.3) is 0 Å². The van der Waals surface area contributed by atoms with Gasteiger partial charge in [0.1, 0.15) is 5.03 Å². The number of nitrogens with zero attached hydrogens (tertiary/aromatic N) is 3. The van der Waals surface area contributed by atoms with Gasteiger partial charge in [0, 0.05) is 30.0 Å². The van der Waals surface area contributed by atoms with E-state index in [9.17, 15) is 0 Å². The summed E-state index contributed by atoms with van der Waals surface area (Å²) in [5.41, 5.74) is 0. The number of hydrogen-bond acceptors (Lipinski definition) is 5. The van der Waals surface area contributed by atoms with Crippen LogP contribution >= 0.6 is 27.7 Å². The highest BCUT2D eigenvalue weighted by atomic mass is 79.9. The van der Waals surface area contributed by atoms with Crippen molar-refractivity contribution in [1.29, 1.82) is 0 Å². The molecular weight excluding hydrogens is 312 g/mol. The minimum atomic E-state index is 0.664. The van der Waals surface area contributed by atoms with E-state index in [2.05, 4.69) is 43.1 Å². The van der Waals surface area contributed by atoms with Gasteiger partial charge in [-0.3, -0.25) is 4.98 Å². The molecule has 2 aromatic heterocycles. The molecular formula is C12H13BrN4S. The van der Waals surface area contributed by atoms with E-state index in [-0.39, 0.29) is 0 Å². The summed E-state index contributed by atoms with van der Waals surface area (Å²) >= 11 is 5.05. The first-order chi connectivity index (χ1) is 8.79. The third-order valence-electron chi connectivity index (χ3n) is 2.11. The summed E-state index contributed by atoms with van der Waals surface area (Å²) in [7, 11) is 0. The van der Waals surface area contributed by atoms with E-state index >= 15 is 0 Å². The van der Waals surface area contributed by atoms with Gasteiger partial charge < -0.3 is 5.32 Å². The predicted octanol–water partition coefficient (Wildman–Crippen LogP) is 3.61. The van der Waals surface area contributed by atoms with Crippen LogP contribution < -0.4 is 5.32 Å². The average molecular weight is 325 g/mol. The Kier molecular flexibility index (Phi) is 4.95. The molecule has 4 nitrogen and oxygen atoms in total. The number of rotatable bonds is 5. The van der Waals surface area contributed by atoms with Crippen molar-refractivity contribution in [1.82, 2.24) is 15.0 Å². The van der Waals surface area contributed by atoms with Crippen molar-refractivity contribution in [2.45, 2.75) is 23.3 Å². The number of pyridine rings is 1. The van der Waals surface area contributed by atoms with Gasteiger partial charge in [-0.2, -0.15) is 0 Å². The van der Waals surface area contributed by atoms with Gasteiger partial charge >= 0.3 is 0 Å². The van der Waals surface area contributed by atoms with Gasteiger partial charge in [-0.15, -0.1) is 0 Å². The molecule has 0 unspecified atom stereocenters. The minimum absolute atomic E-state index is 0.664. The van der Waals surface area contributed by atoms with Crippen molar-refractivity contribution < 1.29 is 0 Å². The van der Waals surface area contributed by atoms with E-state index in [4.69, 9.17) is 0 Å². The molecule has 0 atom stereocenters. The van der Waals surface area contributed by atoms with E-state index in [1.165, 1.54) is 0 Å². The molecule has 2 aromatic rings. The summed E-state index contributed by atoms with van der Waals surface area (Å²) in [5, 5.41) is 4.08. The highest BCUT2D eigenvalue weighted by Crippen LogP contribution is 2.31. The Bertz CT molecular complexity index is 507. The SMILES string of the molecule is CCCNc1ncc(Br)c(Sc2ccncc2)n1. The fraction of sp³-hybridized carbons (Fsp3) is 0.250. The van der Waals surface area contributed by atoms with Crippen LogP contribution in [0.25, 0.3) is 0 Å². The molecule has 0 aliphatic carbocycles. The number of aromatic nitrogens is 3. The quantitative estimate of drug-likeness (QED) is 0.851. The molecule has 0 fully saturated rings. The van der Waals surface area contributed by atoms with Crippen molar-refractivity contribution in [3.8, 4) is 0 Å². The van der Waals surface area contributed by atoms with Crippen LogP contribution in [-0.4, -0.2) is 21.5 Å². The zero-order chi connectivity index (χ0) is 12.8. The molecule has 0 saturated carbocycles. The Balaban J connectivity index is 2.16. The molecule has 18 heavy (non-hydrogen) atoms. The van der Waals surface area contributed by atoms with Crippen LogP contribution in [0.4, 0.5) is 5.95 Å². The van der Waals surface area contributed by atoms with Crippen LogP contribution in [0.3, 0.4) is 0 Å². The molecule has 94 valence electrons. The summed E-state index contributed by atoms with van der Waals surface area (Å²) in [6.07, 6.45) is 6.36. The second-order valence-corrected chi connectivity index (χ2v) is 5.48. The van der Waals surface area contributed by atoms with Crippen LogP contribution in [0, 0.1) is 0 Å². The lowest BCUT2D eigenvalue weighted by Gasteiger charge is -2.06. The number of nitrogens with one attached hydrogen (secondary N) is 1. The van der Waals surface area contributed by atoms with E-state index < -0.39 is 0 Å². The van der Waals surface area contributed by atoms with Crippen molar-refractivity contribution >= 4 is 33.6 Å². The summed E-state index contributed by atoms with van der Waals surface area (Å²) in [5.74, 6) is 0.664. The smallest absolute Gasteiger partial charge is 0.223 e. The van der Waals surface area contributed by atoms with Crippen molar-refractivity contribution in [3.05, 3.63) is 35.2 Å². The van der Waals surface area contributed by atoms with Crippen molar-refractivity contribution in [2.24, 2.45) is 0 Å².